The summed E-state index contributed by atoms with van der Waals surface area (Å²) in [6.07, 6.45) is 0. The van der Waals surface area contributed by atoms with E-state index in [-0.39, 0.29) is 5.82 Å². The summed E-state index contributed by atoms with van der Waals surface area (Å²) >= 11 is 0. The van der Waals surface area contributed by atoms with E-state index in [4.69, 9.17) is 4.42 Å². The van der Waals surface area contributed by atoms with Crippen molar-refractivity contribution in [3.8, 4) is 0 Å². The van der Waals surface area contributed by atoms with Crippen molar-refractivity contribution >= 4 is 0 Å². The molecule has 0 bridgehead atoms. The molecule has 84 valence electrons. The molecule has 2 rings (SSSR count). The van der Waals surface area contributed by atoms with Gasteiger partial charge in [0.15, 0.2) is 0 Å². The highest BCUT2D eigenvalue weighted by molar-refractivity contribution is 5.15. The van der Waals surface area contributed by atoms with Gasteiger partial charge in [-0.05, 0) is 36.8 Å². The van der Waals surface area contributed by atoms with Crippen molar-refractivity contribution in [2.75, 3.05) is 0 Å². The third kappa shape index (κ3) is 2.94. The lowest BCUT2D eigenvalue weighted by Crippen LogP contribution is -2.11. The second kappa shape index (κ2) is 4.94. The summed E-state index contributed by atoms with van der Waals surface area (Å²) < 4.78 is 18.1. The van der Waals surface area contributed by atoms with Gasteiger partial charge < -0.3 is 9.73 Å². The standard InChI is InChI=1S/C13H14FNO/c1-10-2-7-13(16-10)9-15-8-11-3-5-12(14)6-4-11/h2-7,15H,8-9H2,1H3. The summed E-state index contributed by atoms with van der Waals surface area (Å²) in [7, 11) is 0. The van der Waals surface area contributed by atoms with Gasteiger partial charge in [0.2, 0.25) is 0 Å². The number of rotatable bonds is 4. The molecule has 0 unspecified atom stereocenters. The molecule has 1 aromatic carbocycles. The van der Waals surface area contributed by atoms with E-state index >= 15 is 0 Å². The van der Waals surface area contributed by atoms with Crippen LogP contribution in [0.3, 0.4) is 0 Å². The Morgan fingerprint density at radius 1 is 1.06 bits per heavy atom. The molecule has 0 saturated carbocycles. The van der Waals surface area contributed by atoms with Gasteiger partial charge in [-0.2, -0.15) is 0 Å². The first kappa shape index (κ1) is 10.9. The topological polar surface area (TPSA) is 25.2 Å². The Morgan fingerprint density at radius 2 is 1.81 bits per heavy atom. The summed E-state index contributed by atoms with van der Waals surface area (Å²) in [5.41, 5.74) is 1.06. The fourth-order valence-corrected chi connectivity index (χ4v) is 1.51. The predicted octanol–water partition coefficient (Wildman–Crippen LogP) is 3.02. The maximum atomic E-state index is 12.6. The molecule has 16 heavy (non-hydrogen) atoms. The van der Waals surface area contributed by atoms with Crippen LogP contribution in [0.25, 0.3) is 0 Å². The average Bonchev–Trinajstić information content (AvgIpc) is 2.67. The zero-order valence-electron chi connectivity index (χ0n) is 9.16. The molecule has 0 aliphatic heterocycles. The molecule has 0 aliphatic rings. The van der Waals surface area contributed by atoms with Crippen molar-refractivity contribution in [3.63, 3.8) is 0 Å². The van der Waals surface area contributed by atoms with Crippen molar-refractivity contribution in [1.82, 2.24) is 5.32 Å². The van der Waals surface area contributed by atoms with Gasteiger partial charge in [-0.3, -0.25) is 0 Å². The van der Waals surface area contributed by atoms with E-state index in [9.17, 15) is 4.39 Å². The summed E-state index contributed by atoms with van der Waals surface area (Å²) in [6, 6.07) is 10.4. The minimum Gasteiger partial charge on any atom is -0.465 e. The van der Waals surface area contributed by atoms with Crippen LogP contribution < -0.4 is 5.32 Å². The van der Waals surface area contributed by atoms with Crippen LogP contribution in [0.1, 0.15) is 17.1 Å². The second-order valence-electron chi connectivity index (χ2n) is 3.74. The lowest BCUT2D eigenvalue weighted by atomic mass is 10.2. The van der Waals surface area contributed by atoms with Gasteiger partial charge in [-0.25, -0.2) is 4.39 Å². The quantitative estimate of drug-likeness (QED) is 0.855. The number of hydrogen-bond donors (Lipinski definition) is 1. The molecule has 0 fully saturated rings. The van der Waals surface area contributed by atoms with Gasteiger partial charge in [0.1, 0.15) is 17.3 Å². The van der Waals surface area contributed by atoms with Gasteiger partial charge in [-0.15, -0.1) is 0 Å². The smallest absolute Gasteiger partial charge is 0.123 e. The molecule has 1 aromatic heterocycles. The molecule has 1 heterocycles. The fourth-order valence-electron chi connectivity index (χ4n) is 1.51. The van der Waals surface area contributed by atoms with Crippen molar-refractivity contribution in [2.24, 2.45) is 0 Å². The predicted molar refractivity (Wildman–Crippen MR) is 60.4 cm³/mol. The molecule has 0 spiro atoms. The lowest BCUT2D eigenvalue weighted by molar-refractivity contribution is 0.461. The SMILES string of the molecule is Cc1ccc(CNCc2ccc(F)cc2)o1. The summed E-state index contributed by atoms with van der Waals surface area (Å²) in [4.78, 5) is 0. The van der Waals surface area contributed by atoms with Gasteiger partial charge in [0.05, 0.1) is 6.54 Å². The second-order valence-corrected chi connectivity index (χ2v) is 3.74. The first-order chi connectivity index (χ1) is 7.74. The third-order valence-electron chi connectivity index (χ3n) is 2.34. The van der Waals surface area contributed by atoms with E-state index in [0.717, 1.165) is 17.1 Å². The molecule has 2 nitrogen and oxygen atoms in total. The Morgan fingerprint density at radius 3 is 2.44 bits per heavy atom. The first-order valence-electron chi connectivity index (χ1n) is 5.24. The summed E-state index contributed by atoms with van der Waals surface area (Å²) in [6.45, 7) is 3.31. The molecule has 2 aromatic rings. The van der Waals surface area contributed by atoms with E-state index in [0.29, 0.717) is 13.1 Å². The fraction of sp³-hybridized carbons (Fsp3) is 0.231. The van der Waals surface area contributed by atoms with E-state index < -0.39 is 0 Å². The molecular formula is C13H14FNO. The number of benzene rings is 1. The number of furan rings is 1. The number of nitrogens with one attached hydrogen (secondary N) is 1. The molecule has 0 radical (unpaired) electrons. The average molecular weight is 219 g/mol. The minimum atomic E-state index is -0.203. The minimum absolute atomic E-state index is 0.203. The van der Waals surface area contributed by atoms with Gasteiger partial charge in [-0.1, -0.05) is 12.1 Å². The van der Waals surface area contributed by atoms with E-state index in [1.807, 2.05) is 19.1 Å². The zero-order chi connectivity index (χ0) is 11.4. The summed E-state index contributed by atoms with van der Waals surface area (Å²) in [5, 5.41) is 3.23. The maximum absolute atomic E-state index is 12.6. The first-order valence-corrected chi connectivity index (χ1v) is 5.24. The molecule has 0 aliphatic carbocycles. The zero-order valence-corrected chi connectivity index (χ0v) is 9.16. The van der Waals surface area contributed by atoms with Crippen LogP contribution in [0, 0.1) is 12.7 Å². The highest BCUT2D eigenvalue weighted by atomic mass is 19.1. The highest BCUT2D eigenvalue weighted by Crippen LogP contribution is 2.06. The van der Waals surface area contributed by atoms with Crippen LogP contribution in [-0.2, 0) is 13.1 Å². The van der Waals surface area contributed by atoms with Crippen LogP contribution in [0.5, 0.6) is 0 Å². The van der Waals surface area contributed by atoms with Crippen molar-refractivity contribution in [2.45, 2.75) is 20.0 Å². The Labute approximate surface area is 94.1 Å². The van der Waals surface area contributed by atoms with E-state index in [1.165, 1.54) is 12.1 Å². The van der Waals surface area contributed by atoms with Gasteiger partial charge in [0.25, 0.3) is 0 Å². The van der Waals surface area contributed by atoms with Gasteiger partial charge in [0, 0.05) is 6.54 Å². The largest absolute Gasteiger partial charge is 0.465 e. The van der Waals surface area contributed by atoms with Crippen molar-refractivity contribution in [3.05, 3.63) is 59.3 Å². The van der Waals surface area contributed by atoms with E-state index in [1.54, 1.807) is 12.1 Å². The van der Waals surface area contributed by atoms with Gasteiger partial charge >= 0.3 is 0 Å². The highest BCUT2D eigenvalue weighted by Gasteiger charge is 1.98. The monoisotopic (exact) mass is 219 g/mol. The maximum Gasteiger partial charge on any atom is 0.123 e. The molecular weight excluding hydrogens is 205 g/mol. The Bertz CT molecular complexity index is 447. The Hall–Kier alpha value is -1.61. The van der Waals surface area contributed by atoms with Crippen molar-refractivity contribution in [1.29, 1.82) is 0 Å². The van der Waals surface area contributed by atoms with Crippen LogP contribution in [-0.4, -0.2) is 0 Å². The molecule has 0 atom stereocenters. The molecule has 0 amide bonds. The molecule has 0 saturated heterocycles. The normalized spacial score (nSPS) is 10.6. The molecule has 1 N–H and O–H groups in total. The van der Waals surface area contributed by atoms with Crippen LogP contribution in [0.2, 0.25) is 0 Å². The lowest BCUT2D eigenvalue weighted by Gasteiger charge is -2.02. The van der Waals surface area contributed by atoms with E-state index in [2.05, 4.69) is 5.32 Å². The number of hydrogen-bond acceptors (Lipinski definition) is 2. The third-order valence-corrected chi connectivity index (χ3v) is 2.34. The Balaban J connectivity index is 1.82. The Kier molecular flexibility index (Phi) is 3.37. The molecule has 3 heteroatoms. The van der Waals surface area contributed by atoms with Crippen LogP contribution in [0.15, 0.2) is 40.8 Å². The van der Waals surface area contributed by atoms with Crippen LogP contribution in [0.4, 0.5) is 4.39 Å². The summed E-state index contributed by atoms with van der Waals surface area (Å²) in [5.74, 6) is 1.63. The van der Waals surface area contributed by atoms with Crippen molar-refractivity contribution < 1.29 is 8.81 Å². The number of halogens is 1. The van der Waals surface area contributed by atoms with Crippen LogP contribution >= 0.6 is 0 Å². The number of aryl methyl sites for hydroxylation is 1.